The number of hydrogen-bond acceptors (Lipinski definition) is 5. The van der Waals surface area contributed by atoms with Crippen LogP contribution in [0.5, 0.6) is 5.75 Å². The minimum atomic E-state index is -3.95. The van der Waals surface area contributed by atoms with Gasteiger partial charge in [0.1, 0.15) is 5.75 Å². The quantitative estimate of drug-likeness (QED) is 0.312. The zero-order chi connectivity index (χ0) is 27.2. The third-order valence-electron chi connectivity index (χ3n) is 6.90. The number of amides is 1. The van der Waals surface area contributed by atoms with Crippen molar-refractivity contribution in [1.29, 1.82) is 0 Å². The van der Waals surface area contributed by atoms with Gasteiger partial charge in [-0.2, -0.15) is 0 Å². The van der Waals surface area contributed by atoms with E-state index in [2.05, 4.69) is 4.90 Å². The molecule has 0 N–H and O–H groups in total. The van der Waals surface area contributed by atoms with Gasteiger partial charge in [-0.25, -0.2) is 8.42 Å². The maximum Gasteiger partial charge on any atom is 0.264 e. The Morgan fingerprint density at radius 2 is 1.36 bits per heavy atom. The van der Waals surface area contributed by atoms with Gasteiger partial charge in [-0.15, -0.1) is 0 Å². The van der Waals surface area contributed by atoms with Crippen LogP contribution < -0.4 is 13.9 Å². The van der Waals surface area contributed by atoms with E-state index in [-0.39, 0.29) is 17.3 Å². The number of carbonyl (C=O) groups is 1. The second kappa shape index (κ2) is 11.6. The highest BCUT2D eigenvalue weighted by Crippen LogP contribution is 2.32. The molecule has 4 aromatic rings. The maximum absolute atomic E-state index is 13.9. The Morgan fingerprint density at radius 1 is 0.769 bits per heavy atom. The normalized spacial score (nSPS) is 13.7. The van der Waals surface area contributed by atoms with E-state index in [4.69, 9.17) is 4.74 Å². The molecular formula is C31H31N3O4S. The van der Waals surface area contributed by atoms with E-state index in [1.807, 2.05) is 54.6 Å². The number of sulfonamides is 1. The molecule has 1 aliphatic heterocycles. The van der Waals surface area contributed by atoms with Gasteiger partial charge in [-0.3, -0.25) is 9.10 Å². The molecule has 1 fully saturated rings. The number of nitrogens with zero attached hydrogens (tertiary/aromatic N) is 3. The Morgan fingerprint density at radius 3 is 2.05 bits per heavy atom. The van der Waals surface area contributed by atoms with E-state index in [9.17, 15) is 13.2 Å². The average molecular weight is 542 g/mol. The van der Waals surface area contributed by atoms with Gasteiger partial charge in [0, 0.05) is 26.2 Å². The van der Waals surface area contributed by atoms with E-state index in [1.54, 1.807) is 66.6 Å². The summed E-state index contributed by atoms with van der Waals surface area (Å²) in [5.74, 6) is 0.608. The summed E-state index contributed by atoms with van der Waals surface area (Å²) in [4.78, 5) is 18.0. The van der Waals surface area contributed by atoms with Crippen molar-refractivity contribution < 1.29 is 17.9 Å². The fourth-order valence-electron chi connectivity index (χ4n) is 4.85. The van der Waals surface area contributed by atoms with Crippen LogP contribution in [0.4, 0.5) is 11.4 Å². The van der Waals surface area contributed by atoms with Crippen molar-refractivity contribution in [3.63, 3.8) is 0 Å². The van der Waals surface area contributed by atoms with Gasteiger partial charge >= 0.3 is 0 Å². The number of para-hydroxylation sites is 3. The van der Waals surface area contributed by atoms with Gasteiger partial charge in [0.15, 0.2) is 0 Å². The first kappa shape index (κ1) is 26.3. The molecule has 0 saturated carbocycles. The summed E-state index contributed by atoms with van der Waals surface area (Å²) in [5.41, 5.74) is 2.54. The average Bonchev–Trinajstić information content (AvgIpc) is 3.00. The van der Waals surface area contributed by atoms with Crippen LogP contribution in [-0.4, -0.2) is 52.5 Å². The highest BCUT2D eigenvalue weighted by Gasteiger charge is 2.31. The van der Waals surface area contributed by atoms with E-state index < -0.39 is 10.0 Å². The molecule has 4 aromatic carbocycles. The van der Waals surface area contributed by atoms with Crippen molar-refractivity contribution in [3.05, 3.63) is 120 Å². The van der Waals surface area contributed by atoms with Crippen LogP contribution in [0.3, 0.4) is 0 Å². The molecule has 1 saturated heterocycles. The molecule has 5 rings (SSSR count). The maximum atomic E-state index is 13.9. The Kier molecular flexibility index (Phi) is 7.84. The number of benzene rings is 4. The van der Waals surface area contributed by atoms with Crippen LogP contribution in [0, 0.1) is 0 Å². The standard InChI is InChI=1S/C31H31N3O4S/c1-38-30-19-11-10-18-29(30)32-20-22-33(23-21-32)31(35)27-16-8-9-17-28(27)34(24-25-12-4-2-5-13-25)39(36,37)26-14-6-3-7-15-26/h2-19H,20-24H2,1H3. The van der Waals surface area contributed by atoms with Crippen molar-refractivity contribution in [2.45, 2.75) is 11.4 Å². The number of ether oxygens (including phenoxy) is 1. The molecule has 39 heavy (non-hydrogen) atoms. The van der Waals surface area contributed by atoms with Crippen molar-refractivity contribution in [2.75, 3.05) is 42.5 Å². The molecule has 0 atom stereocenters. The summed E-state index contributed by atoms with van der Waals surface area (Å²) in [6.45, 7) is 2.41. The minimum absolute atomic E-state index is 0.101. The SMILES string of the molecule is COc1ccccc1N1CCN(C(=O)c2ccccc2N(Cc2ccccc2)S(=O)(=O)c2ccccc2)CC1. The lowest BCUT2D eigenvalue weighted by molar-refractivity contribution is 0.0747. The predicted octanol–water partition coefficient (Wildman–Crippen LogP) is 5.05. The summed E-state index contributed by atoms with van der Waals surface area (Å²) >= 11 is 0. The van der Waals surface area contributed by atoms with E-state index >= 15 is 0 Å². The van der Waals surface area contributed by atoms with Crippen molar-refractivity contribution in [1.82, 2.24) is 4.90 Å². The van der Waals surface area contributed by atoms with Gasteiger partial charge in [-0.1, -0.05) is 72.8 Å². The van der Waals surface area contributed by atoms with Gasteiger partial charge in [0.2, 0.25) is 0 Å². The Bertz CT molecular complexity index is 1520. The molecule has 0 aliphatic carbocycles. The second-order valence-electron chi connectivity index (χ2n) is 9.28. The third kappa shape index (κ3) is 5.61. The molecule has 7 nitrogen and oxygen atoms in total. The van der Waals surface area contributed by atoms with Crippen molar-refractivity contribution in [3.8, 4) is 5.75 Å². The second-order valence-corrected chi connectivity index (χ2v) is 11.1. The number of anilines is 2. The zero-order valence-electron chi connectivity index (χ0n) is 21.8. The first-order chi connectivity index (χ1) is 19.0. The topological polar surface area (TPSA) is 70.2 Å². The molecule has 1 heterocycles. The molecule has 0 spiro atoms. The smallest absolute Gasteiger partial charge is 0.264 e. The molecule has 0 bridgehead atoms. The first-order valence-corrected chi connectivity index (χ1v) is 14.3. The van der Waals surface area contributed by atoms with Gasteiger partial charge < -0.3 is 14.5 Å². The molecule has 8 heteroatoms. The number of methoxy groups -OCH3 is 1. The molecule has 0 unspecified atom stereocenters. The summed E-state index contributed by atoms with van der Waals surface area (Å²) in [6, 6.07) is 32.6. The predicted molar refractivity (Wildman–Crippen MR) is 154 cm³/mol. The summed E-state index contributed by atoms with van der Waals surface area (Å²) in [5, 5.41) is 0. The number of piperazine rings is 1. The van der Waals surface area contributed by atoms with Gasteiger partial charge in [0.05, 0.1) is 35.5 Å². The van der Waals surface area contributed by atoms with Crippen molar-refractivity contribution in [2.24, 2.45) is 0 Å². The number of rotatable bonds is 8. The lowest BCUT2D eigenvalue weighted by atomic mass is 10.1. The minimum Gasteiger partial charge on any atom is -0.495 e. The lowest BCUT2D eigenvalue weighted by Gasteiger charge is -2.37. The zero-order valence-corrected chi connectivity index (χ0v) is 22.6. The fourth-order valence-corrected chi connectivity index (χ4v) is 6.35. The monoisotopic (exact) mass is 541 g/mol. The largest absolute Gasteiger partial charge is 0.495 e. The summed E-state index contributed by atoms with van der Waals surface area (Å²) in [6.07, 6.45) is 0. The molecule has 1 aliphatic rings. The Labute approximate surface area is 229 Å². The van der Waals surface area contributed by atoms with E-state index in [0.717, 1.165) is 17.0 Å². The number of hydrogen-bond donors (Lipinski definition) is 0. The van der Waals surface area contributed by atoms with Crippen LogP contribution in [0.25, 0.3) is 0 Å². The molecule has 1 amide bonds. The molecule has 0 aromatic heterocycles. The third-order valence-corrected chi connectivity index (χ3v) is 8.67. The van der Waals surface area contributed by atoms with Crippen LogP contribution in [0.1, 0.15) is 15.9 Å². The Balaban J connectivity index is 1.45. The van der Waals surface area contributed by atoms with Crippen molar-refractivity contribution >= 4 is 27.3 Å². The van der Waals surface area contributed by atoms with Gasteiger partial charge in [-0.05, 0) is 42.0 Å². The van der Waals surface area contributed by atoms with Crippen LogP contribution >= 0.6 is 0 Å². The van der Waals surface area contributed by atoms with E-state index in [1.165, 1.54) is 4.31 Å². The number of carbonyl (C=O) groups excluding carboxylic acids is 1. The lowest BCUT2D eigenvalue weighted by Crippen LogP contribution is -2.49. The summed E-state index contributed by atoms with van der Waals surface area (Å²) in [7, 11) is -2.30. The molecule has 200 valence electrons. The fraction of sp³-hybridized carbons (Fsp3) is 0.194. The van der Waals surface area contributed by atoms with E-state index in [0.29, 0.717) is 37.4 Å². The Hall–Kier alpha value is -4.30. The van der Waals surface area contributed by atoms with Gasteiger partial charge in [0.25, 0.3) is 15.9 Å². The van der Waals surface area contributed by atoms with Crippen LogP contribution in [-0.2, 0) is 16.6 Å². The molecular weight excluding hydrogens is 510 g/mol. The highest BCUT2D eigenvalue weighted by molar-refractivity contribution is 7.92. The molecule has 0 radical (unpaired) electrons. The highest BCUT2D eigenvalue weighted by atomic mass is 32.2. The van der Waals surface area contributed by atoms with Crippen LogP contribution in [0.15, 0.2) is 114 Å². The summed E-state index contributed by atoms with van der Waals surface area (Å²) < 4.78 is 34.7. The first-order valence-electron chi connectivity index (χ1n) is 12.9. The van der Waals surface area contributed by atoms with Crippen LogP contribution in [0.2, 0.25) is 0 Å².